The normalized spacial score (nSPS) is 21.1. The molecule has 1 aromatic carbocycles. The van der Waals surface area contributed by atoms with Gasteiger partial charge in [-0.25, -0.2) is 0 Å². The summed E-state index contributed by atoms with van der Waals surface area (Å²) >= 11 is 7.35. The SMILES string of the molecule is CC(C)(C)c1cc(-c2sc(=S)[nH]c2CC2CCCCC2)cc(C2(C)CC2)c1.NC1CCOCC1. The van der Waals surface area contributed by atoms with E-state index in [4.69, 9.17) is 22.7 Å². The molecule has 2 saturated carbocycles. The zero-order chi connectivity index (χ0) is 24.3. The molecule has 3 fully saturated rings. The first-order valence-electron chi connectivity index (χ1n) is 13.4. The van der Waals surface area contributed by atoms with Crippen molar-refractivity contribution in [2.24, 2.45) is 11.7 Å². The smallest absolute Gasteiger partial charge is 0.159 e. The molecule has 0 amide bonds. The van der Waals surface area contributed by atoms with Gasteiger partial charge in [-0.15, -0.1) is 11.3 Å². The summed E-state index contributed by atoms with van der Waals surface area (Å²) in [4.78, 5) is 4.95. The first kappa shape index (κ1) is 26.1. The maximum Gasteiger partial charge on any atom is 0.159 e. The van der Waals surface area contributed by atoms with Crippen LogP contribution < -0.4 is 5.73 Å². The van der Waals surface area contributed by atoms with E-state index in [9.17, 15) is 0 Å². The van der Waals surface area contributed by atoms with Crippen molar-refractivity contribution in [1.29, 1.82) is 0 Å². The van der Waals surface area contributed by atoms with Crippen molar-refractivity contribution < 1.29 is 4.74 Å². The van der Waals surface area contributed by atoms with Crippen LogP contribution in [0.25, 0.3) is 10.4 Å². The molecule has 1 aromatic heterocycles. The van der Waals surface area contributed by atoms with E-state index in [-0.39, 0.29) is 5.41 Å². The number of rotatable bonds is 4. The summed E-state index contributed by atoms with van der Waals surface area (Å²) in [6.45, 7) is 11.1. The van der Waals surface area contributed by atoms with Gasteiger partial charge in [0.05, 0.1) is 4.88 Å². The molecule has 34 heavy (non-hydrogen) atoms. The summed E-state index contributed by atoms with van der Waals surface area (Å²) in [5.41, 5.74) is 11.8. The Bertz CT molecular complexity index is 976. The first-order chi connectivity index (χ1) is 16.1. The highest BCUT2D eigenvalue weighted by atomic mass is 32.1. The Morgan fingerprint density at radius 2 is 1.74 bits per heavy atom. The largest absolute Gasteiger partial charge is 0.381 e. The van der Waals surface area contributed by atoms with Gasteiger partial charge in [-0.2, -0.15) is 0 Å². The number of ether oxygens (including phenoxy) is 1. The third-order valence-electron chi connectivity index (χ3n) is 7.96. The van der Waals surface area contributed by atoms with Crippen molar-refractivity contribution in [2.75, 3.05) is 13.2 Å². The lowest BCUT2D eigenvalue weighted by Gasteiger charge is -2.24. The number of benzene rings is 1. The van der Waals surface area contributed by atoms with Gasteiger partial charge < -0.3 is 15.5 Å². The van der Waals surface area contributed by atoms with Crippen LogP contribution in [0.1, 0.15) is 102 Å². The van der Waals surface area contributed by atoms with Gasteiger partial charge in [-0.1, -0.05) is 65.9 Å². The molecule has 3 N–H and O–H groups in total. The standard InChI is InChI=1S/C24H33NS2.C5H11NO/c1-23(2,3)18-13-17(14-19(15-18)24(4)10-11-24)21-20(25-22(26)27-21)12-16-8-6-5-7-9-16;6-5-1-3-7-4-2-5/h13-16H,5-12H2,1-4H3,(H,25,26);5H,1-4,6H2. The van der Waals surface area contributed by atoms with Crippen LogP contribution in [0.5, 0.6) is 0 Å². The molecular formula is C29H44N2OS2. The molecule has 5 rings (SSSR count). The van der Waals surface area contributed by atoms with E-state index in [1.165, 1.54) is 72.2 Å². The molecule has 3 aliphatic rings. The number of aromatic nitrogens is 1. The fourth-order valence-corrected chi connectivity index (χ4v) is 6.37. The lowest BCUT2D eigenvalue weighted by atomic mass is 9.82. The molecule has 0 radical (unpaired) electrons. The number of thiazole rings is 1. The highest BCUT2D eigenvalue weighted by Gasteiger charge is 2.39. The molecule has 5 heteroatoms. The summed E-state index contributed by atoms with van der Waals surface area (Å²) in [6, 6.07) is 7.76. The number of nitrogens with one attached hydrogen (secondary N) is 1. The highest BCUT2D eigenvalue weighted by molar-refractivity contribution is 7.73. The van der Waals surface area contributed by atoms with Gasteiger partial charge in [0.15, 0.2) is 3.95 Å². The minimum absolute atomic E-state index is 0.164. The first-order valence-corrected chi connectivity index (χ1v) is 14.6. The number of aromatic amines is 1. The maximum atomic E-state index is 5.58. The van der Waals surface area contributed by atoms with Crippen LogP contribution in [-0.4, -0.2) is 24.2 Å². The second-order valence-corrected chi connectivity index (χ2v) is 13.8. The van der Waals surface area contributed by atoms with Crippen molar-refractivity contribution in [1.82, 2.24) is 4.98 Å². The van der Waals surface area contributed by atoms with Crippen LogP contribution in [0.2, 0.25) is 0 Å². The number of nitrogens with two attached hydrogens (primary N) is 1. The van der Waals surface area contributed by atoms with Crippen LogP contribution in [-0.2, 0) is 22.0 Å². The number of H-pyrrole nitrogens is 1. The topological polar surface area (TPSA) is 51.0 Å². The summed E-state index contributed by atoms with van der Waals surface area (Å²) in [5, 5.41) is 0. The summed E-state index contributed by atoms with van der Waals surface area (Å²) in [5.74, 6) is 0.823. The van der Waals surface area contributed by atoms with E-state index in [1.807, 2.05) is 0 Å². The molecule has 2 aromatic rings. The summed E-state index contributed by atoms with van der Waals surface area (Å²) in [7, 11) is 0. The monoisotopic (exact) mass is 500 g/mol. The third kappa shape index (κ3) is 6.81. The average Bonchev–Trinajstić information content (AvgIpc) is 3.46. The Morgan fingerprint density at radius 3 is 2.29 bits per heavy atom. The van der Waals surface area contributed by atoms with E-state index in [2.05, 4.69) is 50.9 Å². The van der Waals surface area contributed by atoms with E-state index < -0.39 is 0 Å². The maximum absolute atomic E-state index is 5.58. The van der Waals surface area contributed by atoms with Crippen LogP contribution in [0.3, 0.4) is 0 Å². The minimum atomic E-state index is 0.164. The van der Waals surface area contributed by atoms with Gasteiger partial charge in [0.25, 0.3) is 0 Å². The molecule has 188 valence electrons. The molecule has 2 heterocycles. The van der Waals surface area contributed by atoms with Gasteiger partial charge in [-0.05, 0) is 89.9 Å². The molecule has 3 nitrogen and oxygen atoms in total. The fraction of sp³-hybridized carbons (Fsp3) is 0.690. The fourth-order valence-electron chi connectivity index (χ4n) is 5.15. The van der Waals surface area contributed by atoms with E-state index in [0.717, 1.165) is 42.3 Å². The van der Waals surface area contributed by atoms with E-state index in [0.29, 0.717) is 11.5 Å². The average molecular weight is 501 g/mol. The van der Waals surface area contributed by atoms with Crippen molar-refractivity contribution in [3.63, 3.8) is 0 Å². The second kappa shape index (κ2) is 10.9. The lowest BCUT2D eigenvalue weighted by molar-refractivity contribution is 0.0866. The van der Waals surface area contributed by atoms with Crippen LogP contribution in [0, 0.1) is 9.87 Å². The quantitative estimate of drug-likeness (QED) is 0.417. The lowest BCUT2D eigenvalue weighted by Crippen LogP contribution is -2.28. The molecule has 1 aliphatic heterocycles. The Hall–Kier alpha value is -1.01. The highest BCUT2D eigenvalue weighted by Crippen LogP contribution is 2.49. The Kier molecular flexibility index (Phi) is 8.39. The summed E-state index contributed by atoms with van der Waals surface area (Å²) in [6.07, 6.45) is 12.8. The molecular weight excluding hydrogens is 456 g/mol. The van der Waals surface area contributed by atoms with Gasteiger partial charge >= 0.3 is 0 Å². The summed E-state index contributed by atoms with van der Waals surface area (Å²) < 4.78 is 5.99. The predicted octanol–water partition coefficient (Wildman–Crippen LogP) is 8.07. The second-order valence-electron chi connectivity index (χ2n) is 12.1. The molecule has 1 saturated heterocycles. The van der Waals surface area contributed by atoms with Crippen LogP contribution >= 0.6 is 23.6 Å². The van der Waals surface area contributed by atoms with E-state index >= 15 is 0 Å². The Labute approximate surface area is 215 Å². The Morgan fingerprint density at radius 1 is 1.06 bits per heavy atom. The van der Waals surface area contributed by atoms with E-state index in [1.54, 1.807) is 11.3 Å². The Balaban J connectivity index is 0.000000336. The molecule has 0 atom stereocenters. The molecule has 0 bridgehead atoms. The van der Waals surface area contributed by atoms with Crippen molar-refractivity contribution >= 4 is 23.6 Å². The number of hydrogen-bond donors (Lipinski definition) is 2. The molecule has 0 spiro atoms. The van der Waals surface area contributed by atoms with Gasteiger partial charge in [0, 0.05) is 24.9 Å². The minimum Gasteiger partial charge on any atom is -0.381 e. The molecule has 0 unspecified atom stereocenters. The predicted molar refractivity (Wildman–Crippen MR) is 149 cm³/mol. The van der Waals surface area contributed by atoms with Crippen molar-refractivity contribution in [3.8, 4) is 10.4 Å². The zero-order valence-corrected chi connectivity index (χ0v) is 23.3. The van der Waals surface area contributed by atoms with Crippen LogP contribution in [0.4, 0.5) is 0 Å². The van der Waals surface area contributed by atoms with Gasteiger partial charge in [0.2, 0.25) is 0 Å². The third-order valence-corrected chi connectivity index (χ3v) is 9.29. The van der Waals surface area contributed by atoms with Crippen molar-refractivity contribution in [3.05, 3.63) is 39.0 Å². The number of hydrogen-bond acceptors (Lipinski definition) is 4. The molecule has 2 aliphatic carbocycles. The zero-order valence-electron chi connectivity index (χ0n) is 21.7. The van der Waals surface area contributed by atoms with Crippen LogP contribution in [0.15, 0.2) is 18.2 Å². The van der Waals surface area contributed by atoms with Gasteiger partial charge in [-0.3, -0.25) is 0 Å². The van der Waals surface area contributed by atoms with Gasteiger partial charge in [0.1, 0.15) is 0 Å². The van der Waals surface area contributed by atoms with Crippen molar-refractivity contribution in [2.45, 2.75) is 109 Å².